The van der Waals surface area contributed by atoms with Gasteiger partial charge in [-0.25, -0.2) is 4.98 Å². The molecule has 0 unspecified atom stereocenters. The number of aromatic nitrogens is 3. The van der Waals surface area contributed by atoms with E-state index in [1.165, 1.54) is 12.8 Å². The van der Waals surface area contributed by atoms with E-state index in [0.29, 0.717) is 18.7 Å². The summed E-state index contributed by atoms with van der Waals surface area (Å²) >= 11 is 0. The van der Waals surface area contributed by atoms with E-state index >= 15 is 0 Å². The fourth-order valence-electron chi connectivity index (χ4n) is 3.81. The van der Waals surface area contributed by atoms with Gasteiger partial charge in [-0.3, -0.25) is 9.48 Å². The molecule has 2 fully saturated rings. The van der Waals surface area contributed by atoms with Crippen molar-refractivity contribution in [1.29, 1.82) is 0 Å². The Morgan fingerprint density at radius 3 is 2.81 bits per heavy atom. The molecule has 2 aromatic heterocycles. The van der Waals surface area contributed by atoms with Crippen molar-refractivity contribution in [1.82, 2.24) is 19.7 Å². The Bertz CT molecular complexity index is 797. The molecule has 0 bridgehead atoms. The average Bonchev–Trinajstić information content (AvgIpc) is 3.36. The molecule has 4 heterocycles. The van der Waals surface area contributed by atoms with Crippen LogP contribution in [0.5, 0.6) is 5.75 Å². The van der Waals surface area contributed by atoms with Crippen molar-refractivity contribution in [2.45, 2.75) is 32.3 Å². The number of aryl methyl sites for hydroxylation is 2. The zero-order valence-electron chi connectivity index (χ0n) is 15.4. The van der Waals surface area contributed by atoms with Gasteiger partial charge in [-0.05, 0) is 31.9 Å². The molecule has 0 saturated carbocycles. The van der Waals surface area contributed by atoms with Gasteiger partial charge in [-0.1, -0.05) is 0 Å². The Morgan fingerprint density at radius 1 is 1.27 bits per heavy atom. The van der Waals surface area contributed by atoms with Gasteiger partial charge in [0.25, 0.3) is 5.91 Å². The third-order valence-electron chi connectivity index (χ3n) is 5.13. The van der Waals surface area contributed by atoms with Gasteiger partial charge in [0.1, 0.15) is 6.10 Å². The van der Waals surface area contributed by atoms with Gasteiger partial charge in [0.15, 0.2) is 11.6 Å². The summed E-state index contributed by atoms with van der Waals surface area (Å²) in [5.41, 5.74) is 1.44. The van der Waals surface area contributed by atoms with Gasteiger partial charge >= 0.3 is 0 Å². The van der Waals surface area contributed by atoms with Crippen LogP contribution in [0.4, 0.5) is 5.82 Å². The van der Waals surface area contributed by atoms with Gasteiger partial charge < -0.3 is 14.5 Å². The topological polar surface area (TPSA) is 63.5 Å². The molecule has 1 amide bonds. The van der Waals surface area contributed by atoms with Crippen LogP contribution in [0.25, 0.3) is 0 Å². The number of amides is 1. The minimum Gasteiger partial charge on any atom is -0.485 e. The molecule has 0 spiro atoms. The largest absolute Gasteiger partial charge is 0.485 e. The van der Waals surface area contributed by atoms with Crippen LogP contribution in [0.1, 0.15) is 35.3 Å². The van der Waals surface area contributed by atoms with Crippen LogP contribution in [0.15, 0.2) is 24.5 Å². The third-order valence-corrected chi connectivity index (χ3v) is 5.13. The number of anilines is 1. The lowest BCUT2D eigenvalue weighted by atomic mass is 10.2. The lowest BCUT2D eigenvalue weighted by molar-refractivity contribution is 0.0771. The highest BCUT2D eigenvalue weighted by molar-refractivity contribution is 5.95. The van der Waals surface area contributed by atoms with E-state index in [0.717, 1.165) is 36.8 Å². The molecule has 138 valence electrons. The Hall–Kier alpha value is -2.57. The molecule has 26 heavy (non-hydrogen) atoms. The number of carbonyl (C=O) groups excluding carboxylic acids is 1. The van der Waals surface area contributed by atoms with Crippen LogP contribution in [0, 0.1) is 6.92 Å². The number of pyridine rings is 1. The van der Waals surface area contributed by atoms with Crippen molar-refractivity contribution in [3.63, 3.8) is 0 Å². The number of hydrogen-bond acceptors (Lipinski definition) is 5. The van der Waals surface area contributed by atoms with Crippen molar-refractivity contribution in [3.05, 3.63) is 35.8 Å². The first-order valence-corrected chi connectivity index (χ1v) is 9.28. The van der Waals surface area contributed by atoms with Gasteiger partial charge in [-0.2, -0.15) is 5.10 Å². The maximum atomic E-state index is 12.8. The molecule has 7 heteroatoms. The van der Waals surface area contributed by atoms with Gasteiger partial charge in [0, 0.05) is 45.5 Å². The standard InChI is InChI=1S/C19H25N5O2/c1-14-16(13-22(2)21-14)19(25)24-11-7-15(12-24)26-17-6-5-8-20-18(17)23-9-3-4-10-23/h5-6,8,13,15H,3-4,7,9-12H2,1-2H3/t15-/m0/s1. The molecule has 0 N–H and O–H groups in total. The molecule has 2 aliphatic heterocycles. The average molecular weight is 355 g/mol. The van der Waals surface area contributed by atoms with Crippen LogP contribution < -0.4 is 9.64 Å². The molecule has 0 radical (unpaired) electrons. The Balaban J connectivity index is 1.43. The lowest BCUT2D eigenvalue weighted by Crippen LogP contribution is -2.31. The normalized spacial score (nSPS) is 20.0. The van der Waals surface area contributed by atoms with Crippen LogP contribution in [0.2, 0.25) is 0 Å². The number of carbonyl (C=O) groups is 1. The smallest absolute Gasteiger partial charge is 0.257 e. The molecule has 0 aliphatic carbocycles. The van der Waals surface area contributed by atoms with Gasteiger partial charge in [0.2, 0.25) is 0 Å². The molecule has 0 aromatic carbocycles. The Morgan fingerprint density at radius 2 is 2.08 bits per heavy atom. The molecular formula is C19H25N5O2. The first-order valence-electron chi connectivity index (χ1n) is 9.28. The van der Waals surface area contributed by atoms with Crippen molar-refractivity contribution >= 4 is 11.7 Å². The zero-order valence-corrected chi connectivity index (χ0v) is 15.4. The number of nitrogens with zero attached hydrogens (tertiary/aromatic N) is 5. The van der Waals surface area contributed by atoms with E-state index in [2.05, 4.69) is 15.0 Å². The molecular weight excluding hydrogens is 330 g/mol. The summed E-state index contributed by atoms with van der Waals surface area (Å²) in [5.74, 6) is 1.79. The van der Waals surface area contributed by atoms with Crippen molar-refractivity contribution < 1.29 is 9.53 Å². The highest BCUT2D eigenvalue weighted by Crippen LogP contribution is 2.30. The monoisotopic (exact) mass is 355 g/mol. The molecule has 2 saturated heterocycles. The molecule has 7 nitrogen and oxygen atoms in total. The quantitative estimate of drug-likeness (QED) is 0.840. The highest BCUT2D eigenvalue weighted by Gasteiger charge is 2.30. The minimum absolute atomic E-state index is 0.00137. The number of ether oxygens (including phenoxy) is 1. The molecule has 2 aromatic rings. The fraction of sp³-hybridized carbons (Fsp3) is 0.526. The summed E-state index contributed by atoms with van der Waals surface area (Å²) in [6, 6.07) is 3.89. The minimum atomic E-state index is 0.00137. The maximum Gasteiger partial charge on any atom is 0.257 e. The molecule has 1 atom stereocenters. The van der Waals surface area contributed by atoms with Crippen LogP contribution in [-0.4, -0.2) is 57.9 Å². The summed E-state index contributed by atoms with van der Waals surface area (Å²) in [6.07, 6.45) is 6.84. The van der Waals surface area contributed by atoms with Gasteiger partial charge in [0.05, 0.1) is 17.8 Å². The van der Waals surface area contributed by atoms with Gasteiger partial charge in [-0.15, -0.1) is 0 Å². The van der Waals surface area contributed by atoms with Crippen molar-refractivity contribution in [3.8, 4) is 5.75 Å². The summed E-state index contributed by atoms with van der Waals surface area (Å²) in [4.78, 5) is 21.4. The van der Waals surface area contributed by atoms with E-state index in [9.17, 15) is 4.79 Å². The molecule has 4 rings (SSSR count). The predicted molar refractivity (Wildman–Crippen MR) is 98.6 cm³/mol. The second-order valence-electron chi connectivity index (χ2n) is 7.10. The van der Waals surface area contributed by atoms with E-state index in [-0.39, 0.29) is 12.0 Å². The van der Waals surface area contributed by atoms with Crippen LogP contribution >= 0.6 is 0 Å². The fourth-order valence-corrected chi connectivity index (χ4v) is 3.81. The zero-order chi connectivity index (χ0) is 18.1. The summed E-state index contributed by atoms with van der Waals surface area (Å²) in [7, 11) is 1.84. The second-order valence-corrected chi connectivity index (χ2v) is 7.10. The highest BCUT2D eigenvalue weighted by atomic mass is 16.5. The third kappa shape index (κ3) is 3.25. The van der Waals surface area contributed by atoms with E-state index in [1.807, 2.05) is 37.2 Å². The first-order chi connectivity index (χ1) is 12.6. The predicted octanol–water partition coefficient (Wildman–Crippen LogP) is 2.02. The summed E-state index contributed by atoms with van der Waals surface area (Å²) < 4.78 is 7.94. The summed E-state index contributed by atoms with van der Waals surface area (Å²) in [6.45, 7) is 5.24. The number of likely N-dealkylation sites (tertiary alicyclic amines) is 1. The maximum absolute atomic E-state index is 12.8. The number of rotatable bonds is 4. The van der Waals surface area contributed by atoms with Crippen LogP contribution in [0.3, 0.4) is 0 Å². The Labute approximate surface area is 153 Å². The molecule has 2 aliphatic rings. The second kappa shape index (κ2) is 6.97. The van der Waals surface area contributed by atoms with Crippen LogP contribution in [-0.2, 0) is 7.05 Å². The van der Waals surface area contributed by atoms with E-state index in [1.54, 1.807) is 10.9 Å². The SMILES string of the molecule is Cc1nn(C)cc1C(=O)N1CC[C@H](Oc2cccnc2N2CCCC2)C1. The number of hydrogen-bond donors (Lipinski definition) is 0. The van der Waals surface area contributed by atoms with Crippen molar-refractivity contribution in [2.24, 2.45) is 7.05 Å². The van der Waals surface area contributed by atoms with Crippen molar-refractivity contribution in [2.75, 3.05) is 31.1 Å². The summed E-state index contributed by atoms with van der Waals surface area (Å²) in [5, 5.41) is 4.27. The lowest BCUT2D eigenvalue weighted by Gasteiger charge is -2.22. The van der Waals surface area contributed by atoms with E-state index < -0.39 is 0 Å². The van der Waals surface area contributed by atoms with E-state index in [4.69, 9.17) is 4.74 Å². The first kappa shape index (κ1) is 16.9. The Kier molecular flexibility index (Phi) is 4.53.